The molecule has 1 aromatic carbocycles. The first-order valence-electron chi connectivity index (χ1n) is 6.41. The number of nitriles is 3. The van der Waals surface area contributed by atoms with E-state index in [0.29, 0.717) is 10.6 Å². The number of allylic oxidation sites excluding steroid dienone is 2. The molecule has 1 aromatic rings. The molecule has 1 unspecified atom stereocenters. The van der Waals surface area contributed by atoms with Crippen LogP contribution in [-0.2, 0) is 0 Å². The van der Waals surface area contributed by atoms with Crippen LogP contribution in [0.4, 0.5) is 0 Å². The maximum Gasteiger partial charge on any atom is 0.139 e. The third kappa shape index (κ3) is 2.71. The zero-order valence-corrected chi connectivity index (χ0v) is 12.5. The highest BCUT2D eigenvalue weighted by Gasteiger charge is 2.37. The van der Waals surface area contributed by atoms with Gasteiger partial charge in [0.2, 0.25) is 0 Å². The van der Waals surface area contributed by atoms with E-state index in [9.17, 15) is 10.5 Å². The summed E-state index contributed by atoms with van der Waals surface area (Å²) in [6.45, 7) is 0. The van der Waals surface area contributed by atoms with Gasteiger partial charge in [-0.15, -0.1) is 0 Å². The third-order valence-electron chi connectivity index (χ3n) is 3.43. The number of halogens is 1. The fourth-order valence-electron chi connectivity index (χ4n) is 2.40. The largest absolute Gasteiger partial charge is 0.386 e. The Hall–Kier alpha value is -3.36. The van der Waals surface area contributed by atoms with Gasteiger partial charge in [0.1, 0.15) is 29.1 Å². The molecule has 0 aliphatic carbocycles. The lowest BCUT2D eigenvalue weighted by Crippen LogP contribution is -2.33. The molecular weight excluding hydrogens is 312 g/mol. The lowest BCUT2D eigenvalue weighted by Gasteiger charge is -2.27. The molecule has 0 spiro atoms. The van der Waals surface area contributed by atoms with Crippen molar-refractivity contribution in [2.45, 2.75) is 5.92 Å². The van der Waals surface area contributed by atoms with Gasteiger partial charge in [0.15, 0.2) is 0 Å². The number of hydrogen-bond acceptors (Lipinski definition) is 6. The van der Waals surface area contributed by atoms with Crippen LogP contribution in [0.25, 0.3) is 0 Å². The number of nitrogens with zero attached hydrogens (tertiary/aromatic N) is 4. The Morgan fingerprint density at radius 1 is 1.26 bits per heavy atom. The summed E-state index contributed by atoms with van der Waals surface area (Å²) in [7, 11) is 0. The topological polar surface area (TPSA) is 134 Å². The van der Waals surface area contributed by atoms with Crippen LogP contribution >= 0.6 is 11.6 Å². The Morgan fingerprint density at radius 2 is 1.96 bits per heavy atom. The van der Waals surface area contributed by atoms with E-state index in [1.807, 2.05) is 18.0 Å². The highest BCUT2D eigenvalue weighted by atomic mass is 35.5. The monoisotopic (exact) mass is 320 g/mol. The number of rotatable bonds is 2. The van der Waals surface area contributed by atoms with E-state index in [4.69, 9.17) is 28.0 Å². The van der Waals surface area contributed by atoms with Crippen LogP contribution in [0.2, 0.25) is 5.02 Å². The SMILES string of the molecule is N#CC(=C=N)C1=C(C#N)[C@@H](c2ccccc2Cl)C(C#N)C(N)=N1. The predicted molar refractivity (Wildman–Crippen MR) is 84.4 cm³/mol. The molecule has 2 atom stereocenters. The molecule has 0 fully saturated rings. The zero-order valence-electron chi connectivity index (χ0n) is 11.7. The minimum Gasteiger partial charge on any atom is -0.386 e. The number of hydrogen-bond donors (Lipinski definition) is 2. The van der Waals surface area contributed by atoms with Crippen LogP contribution in [0.1, 0.15) is 11.5 Å². The summed E-state index contributed by atoms with van der Waals surface area (Å²) in [6.07, 6.45) is 0. The second-order valence-electron chi connectivity index (χ2n) is 4.63. The molecule has 1 aliphatic rings. The van der Waals surface area contributed by atoms with Crippen molar-refractivity contribution in [3.63, 3.8) is 0 Å². The van der Waals surface area contributed by atoms with Crippen molar-refractivity contribution >= 4 is 23.3 Å². The summed E-state index contributed by atoms with van der Waals surface area (Å²) in [6, 6.07) is 12.5. The smallest absolute Gasteiger partial charge is 0.139 e. The molecule has 0 radical (unpaired) electrons. The Labute approximate surface area is 137 Å². The lowest BCUT2D eigenvalue weighted by atomic mass is 9.77. The van der Waals surface area contributed by atoms with Crippen molar-refractivity contribution in [2.75, 3.05) is 0 Å². The molecular formula is C16H9ClN6. The van der Waals surface area contributed by atoms with Gasteiger partial charge in [0.05, 0.1) is 17.7 Å². The molecule has 1 aliphatic heterocycles. The first-order chi connectivity index (χ1) is 11.1. The van der Waals surface area contributed by atoms with Gasteiger partial charge in [-0.1, -0.05) is 29.8 Å². The molecule has 23 heavy (non-hydrogen) atoms. The van der Waals surface area contributed by atoms with Gasteiger partial charge in [-0.3, -0.25) is 5.41 Å². The summed E-state index contributed by atoms with van der Waals surface area (Å²) in [5, 5.41) is 35.6. The maximum atomic E-state index is 9.54. The highest BCUT2D eigenvalue weighted by Crippen LogP contribution is 2.41. The van der Waals surface area contributed by atoms with Crippen molar-refractivity contribution in [1.82, 2.24) is 0 Å². The number of benzene rings is 1. The van der Waals surface area contributed by atoms with Crippen LogP contribution in [0, 0.1) is 45.3 Å². The van der Waals surface area contributed by atoms with Gasteiger partial charge in [-0.25, -0.2) is 4.99 Å². The van der Waals surface area contributed by atoms with E-state index in [1.54, 1.807) is 30.3 Å². The zero-order chi connectivity index (χ0) is 17.0. The summed E-state index contributed by atoms with van der Waals surface area (Å²) < 4.78 is 0. The molecule has 0 bridgehead atoms. The minimum atomic E-state index is -0.890. The van der Waals surface area contributed by atoms with Crippen LogP contribution in [0.15, 0.2) is 46.1 Å². The Bertz CT molecular complexity index is 900. The first-order valence-corrected chi connectivity index (χ1v) is 6.79. The second kappa shape index (κ2) is 6.60. The molecule has 7 heteroatoms. The van der Waals surface area contributed by atoms with E-state index in [2.05, 4.69) is 4.99 Å². The van der Waals surface area contributed by atoms with Crippen molar-refractivity contribution in [1.29, 1.82) is 21.2 Å². The van der Waals surface area contributed by atoms with Crippen LogP contribution < -0.4 is 5.73 Å². The van der Waals surface area contributed by atoms with Gasteiger partial charge in [-0.2, -0.15) is 15.8 Å². The lowest BCUT2D eigenvalue weighted by molar-refractivity contribution is 0.704. The van der Waals surface area contributed by atoms with Gasteiger partial charge in [0, 0.05) is 10.9 Å². The van der Waals surface area contributed by atoms with Crippen LogP contribution in [-0.4, -0.2) is 11.7 Å². The summed E-state index contributed by atoms with van der Waals surface area (Å²) in [4.78, 5) is 3.98. The maximum absolute atomic E-state index is 9.54. The van der Waals surface area contributed by atoms with E-state index in [-0.39, 0.29) is 22.7 Å². The van der Waals surface area contributed by atoms with Gasteiger partial charge < -0.3 is 5.73 Å². The van der Waals surface area contributed by atoms with Crippen molar-refractivity contribution in [3.8, 4) is 18.2 Å². The van der Waals surface area contributed by atoms with Gasteiger partial charge >= 0.3 is 0 Å². The van der Waals surface area contributed by atoms with Crippen molar-refractivity contribution < 1.29 is 0 Å². The van der Waals surface area contributed by atoms with E-state index < -0.39 is 11.8 Å². The molecule has 0 amide bonds. The Balaban J connectivity index is 2.82. The summed E-state index contributed by atoms with van der Waals surface area (Å²) in [5.74, 6) is 0.260. The number of aliphatic imine (C=N–C) groups is 1. The Morgan fingerprint density at radius 3 is 2.48 bits per heavy atom. The average molecular weight is 321 g/mol. The fraction of sp³-hybridized carbons (Fsp3) is 0.125. The molecule has 1 heterocycles. The molecule has 0 saturated heterocycles. The van der Waals surface area contributed by atoms with E-state index >= 15 is 0 Å². The average Bonchev–Trinajstić information content (AvgIpc) is 2.56. The van der Waals surface area contributed by atoms with Crippen molar-refractivity contribution in [3.05, 3.63) is 51.7 Å². The molecule has 110 valence electrons. The minimum absolute atomic E-state index is 0.0329. The van der Waals surface area contributed by atoms with Gasteiger partial charge in [0.25, 0.3) is 0 Å². The Kier molecular flexibility index (Phi) is 4.60. The van der Waals surface area contributed by atoms with Crippen LogP contribution in [0.5, 0.6) is 0 Å². The second-order valence-corrected chi connectivity index (χ2v) is 5.04. The molecule has 2 rings (SSSR count). The van der Waals surface area contributed by atoms with Crippen LogP contribution in [0.3, 0.4) is 0 Å². The van der Waals surface area contributed by atoms with Crippen molar-refractivity contribution in [2.24, 2.45) is 16.6 Å². The van der Waals surface area contributed by atoms with E-state index in [0.717, 1.165) is 0 Å². The standard InChI is InChI=1S/C16H9ClN6/c17-13-4-2-1-3-10(13)14-11(7-20)15(9(5-18)6-19)23-16(22)12(14)8-21/h1-4,12,14,18H,(H2,22,23)/t12?,14-/m1/s1. The van der Waals surface area contributed by atoms with Gasteiger partial charge in [-0.05, 0) is 17.5 Å². The molecule has 3 N–H and O–H groups in total. The normalized spacial score (nSPS) is 19.7. The molecule has 0 saturated carbocycles. The predicted octanol–water partition coefficient (Wildman–Crippen LogP) is 2.41. The third-order valence-corrected chi connectivity index (χ3v) is 3.78. The molecule has 0 aromatic heterocycles. The number of nitrogens with two attached hydrogens (primary N) is 1. The fourth-order valence-corrected chi connectivity index (χ4v) is 2.65. The first kappa shape index (κ1) is 16.0. The van der Waals surface area contributed by atoms with E-state index in [1.165, 1.54) is 0 Å². The quantitative estimate of drug-likeness (QED) is 0.639. The highest BCUT2D eigenvalue weighted by molar-refractivity contribution is 6.31. The summed E-state index contributed by atoms with van der Waals surface area (Å²) in [5.41, 5.74) is 6.19. The number of nitrogens with one attached hydrogen (secondary N) is 1. The number of amidine groups is 1. The molecule has 6 nitrogen and oxygen atoms in total. The summed E-state index contributed by atoms with van der Waals surface area (Å²) >= 11 is 6.20.